The normalized spacial score (nSPS) is 18.4. The third-order valence-electron chi connectivity index (χ3n) is 6.74. The molecular weight excluding hydrogens is 485 g/mol. The standard InChI is InChI=1S/C24H30FN7O3S/c1-17-26-16-22(32(17)19-7-13-35-14-8-19)23-21(25)15-27-24(29-23)28-18-3-5-20(6-4-18)36(33,34)31-11-9-30(2)10-12-31/h3-6,15-16,19H,7-14H2,1-2H3,(H,27,28,29). The molecule has 2 aliphatic rings. The van der Waals surface area contributed by atoms with E-state index in [9.17, 15) is 12.8 Å². The first-order valence-corrected chi connectivity index (χ1v) is 13.5. The molecule has 3 aromatic rings. The Hall–Kier alpha value is -2.93. The number of nitrogens with one attached hydrogen (secondary N) is 1. The van der Waals surface area contributed by atoms with Crippen LogP contribution in [0, 0.1) is 12.7 Å². The van der Waals surface area contributed by atoms with Crippen LogP contribution in [0.2, 0.25) is 0 Å². The summed E-state index contributed by atoms with van der Waals surface area (Å²) < 4.78 is 49.8. The molecule has 2 fully saturated rings. The van der Waals surface area contributed by atoms with E-state index >= 15 is 0 Å². The Morgan fingerprint density at radius 2 is 1.72 bits per heavy atom. The van der Waals surface area contributed by atoms with E-state index in [1.807, 2.05) is 18.5 Å². The lowest BCUT2D eigenvalue weighted by Crippen LogP contribution is -2.46. The molecule has 2 aromatic heterocycles. The average molecular weight is 516 g/mol. The van der Waals surface area contributed by atoms with Gasteiger partial charge in [-0.2, -0.15) is 4.31 Å². The number of ether oxygens (including phenoxy) is 1. The van der Waals surface area contributed by atoms with E-state index in [0.717, 1.165) is 24.9 Å². The molecule has 0 amide bonds. The highest BCUT2D eigenvalue weighted by Gasteiger charge is 2.27. The van der Waals surface area contributed by atoms with Crippen LogP contribution < -0.4 is 5.32 Å². The van der Waals surface area contributed by atoms with Crippen molar-refractivity contribution in [2.75, 3.05) is 51.8 Å². The monoisotopic (exact) mass is 515 g/mol. The molecular formula is C24H30FN7O3S. The lowest BCUT2D eigenvalue weighted by atomic mass is 10.1. The summed E-state index contributed by atoms with van der Waals surface area (Å²) >= 11 is 0. The third kappa shape index (κ3) is 4.99. The van der Waals surface area contributed by atoms with Crippen LogP contribution in [0.15, 0.2) is 41.6 Å². The van der Waals surface area contributed by atoms with Crippen LogP contribution in [0.5, 0.6) is 0 Å². The summed E-state index contributed by atoms with van der Waals surface area (Å²) in [7, 11) is -1.58. The predicted molar refractivity (Wildman–Crippen MR) is 133 cm³/mol. The molecule has 36 heavy (non-hydrogen) atoms. The Labute approximate surface area is 210 Å². The number of imidazole rings is 1. The minimum absolute atomic E-state index is 0.161. The van der Waals surface area contributed by atoms with Crippen molar-refractivity contribution in [1.29, 1.82) is 0 Å². The lowest BCUT2D eigenvalue weighted by Gasteiger charge is -2.31. The first-order chi connectivity index (χ1) is 17.3. The van der Waals surface area contributed by atoms with Crippen LogP contribution >= 0.6 is 0 Å². The van der Waals surface area contributed by atoms with Crippen molar-refractivity contribution < 1.29 is 17.5 Å². The van der Waals surface area contributed by atoms with E-state index in [1.165, 1.54) is 4.31 Å². The largest absolute Gasteiger partial charge is 0.381 e. The molecule has 0 atom stereocenters. The van der Waals surface area contributed by atoms with E-state index in [-0.39, 0.29) is 22.6 Å². The number of halogens is 1. The smallest absolute Gasteiger partial charge is 0.243 e. The number of nitrogens with zero attached hydrogens (tertiary/aromatic N) is 6. The molecule has 0 spiro atoms. The highest BCUT2D eigenvalue weighted by molar-refractivity contribution is 7.89. The summed E-state index contributed by atoms with van der Waals surface area (Å²) in [4.78, 5) is 15.3. The van der Waals surface area contributed by atoms with Crippen molar-refractivity contribution >= 4 is 21.7 Å². The molecule has 0 unspecified atom stereocenters. The number of piperazine rings is 1. The average Bonchev–Trinajstić information content (AvgIpc) is 3.27. The summed E-state index contributed by atoms with van der Waals surface area (Å²) in [6, 6.07) is 6.60. The van der Waals surface area contributed by atoms with Crippen LogP contribution in [-0.2, 0) is 14.8 Å². The number of aryl methyl sites for hydroxylation is 1. The van der Waals surface area contributed by atoms with Crippen LogP contribution in [0.4, 0.5) is 16.0 Å². The second-order valence-corrected chi connectivity index (χ2v) is 11.1. The lowest BCUT2D eigenvalue weighted by molar-refractivity contribution is 0.0694. The maximum Gasteiger partial charge on any atom is 0.243 e. The number of rotatable bonds is 6. The minimum atomic E-state index is -3.56. The molecule has 2 saturated heterocycles. The Bertz CT molecular complexity index is 1320. The number of sulfonamides is 1. The zero-order valence-corrected chi connectivity index (χ0v) is 21.2. The van der Waals surface area contributed by atoms with E-state index in [0.29, 0.717) is 50.8 Å². The molecule has 1 N–H and O–H groups in total. The van der Waals surface area contributed by atoms with Crippen molar-refractivity contribution in [3.63, 3.8) is 0 Å². The number of hydrogen-bond donors (Lipinski definition) is 1. The second-order valence-electron chi connectivity index (χ2n) is 9.15. The molecule has 0 aliphatic carbocycles. The first kappa shape index (κ1) is 24.8. The SMILES string of the molecule is Cc1ncc(-c2nc(Nc3ccc(S(=O)(=O)N4CCN(C)CC4)cc3)ncc2F)n1C1CCOCC1. The van der Waals surface area contributed by atoms with Crippen LogP contribution in [0.3, 0.4) is 0 Å². The van der Waals surface area contributed by atoms with E-state index < -0.39 is 15.8 Å². The van der Waals surface area contributed by atoms with Crippen molar-refractivity contribution in [2.45, 2.75) is 30.7 Å². The van der Waals surface area contributed by atoms with Crippen molar-refractivity contribution in [3.05, 3.63) is 48.3 Å². The van der Waals surface area contributed by atoms with Gasteiger partial charge in [0.25, 0.3) is 0 Å². The van der Waals surface area contributed by atoms with Gasteiger partial charge in [0.15, 0.2) is 5.82 Å². The molecule has 2 aliphatic heterocycles. The third-order valence-corrected chi connectivity index (χ3v) is 8.65. The highest BCUT2D eigenvalue weighted by atomic mass is 32.2. The molecule has 0 bridgehead atoms. The van der Waals surface area contributed by atoms with Gasteiger partial charge in [-0.3, -0.25) is 0 Å². The van der Waals surface area contributed by atoms with E-state index in [4.69, 9.17) is 4.74 Å². The molecule has 5 rings (SSSR count). The Kier molecular flexibility index (Phi) is 7.02. The number of aromatic nitrogens is 4. The van der Waals surface area contributed by atoms with Crippen LogP contribution in [0.1, 0.15) is 24.7 Å². The number of benzene rings is 1. The van der Waals surface area contributed by atoms with Gasteiger partial charge in [-0.1, -0.05) is 0 Å². The van der Waals surface area contributed by atoms with Gasteiger partial charge in [-0.25, -0.2) is 27.8 Å². The van der Waals surface area contributed by atoms with Crippen molar-refractivity contribution in [3.8, 4) is 11.4 Å². The fourth-order valence-corrected chi connectivity index (χ4v) is 6.08. The molecule has 10 nitrogen and oxygen atoms in total. The molecule has 12 heteroatoms. The zero-order chi connectivity index (χ0) is 25.3. The minimum Gasteiger partial charge on any atom is -0.381 e. The first-order valence-electron chi connectivity index (χ1n) is 12.0. The zero-order valence-electron chi connectivity index (χ0n) is 20.4. The summed E-state index contributed by atoms with van der Waals surface area (Å²) in [5.74, 6) is 0.461. The fourth-order valence-electron chi connectivity index (χ4n) is 4.66. The van der Waals surface area contributed by atoms with Gasteiger partial charge < -0.3 is 19.5 Å². The van der Waals surface area contributed by atoms with Gasteiger partial charge in [0.1, 0.15) is 11.5 Å². The second kappa shape index (κ2) is 10.2. The van der Waals surface area contributed by atoms with E-state index in [1.54, 1.807) is 30.5 Å². The maximum absolute atomic E-state index is 14.8. The molecule has 1 aromatic carbocycles. The quantitative estimate of drug-likeness (QED) is 0.534. The Balaban J connectivity index is 1.36. The number of hydrogen-bond acceptors (Lipinski definition) is 8. The van der Waals surface area contributed by atoms with Gasteiger partial charge in [0, 0.05) is 51.1 Å². The maximum atomic E-state index is 14.8. The molecule has 0 radical (unpaired) electrons. The molecule has 192 valence electrons. The Morgan fingerprint density at radius 3 is 2.42 bits per heavy atom. The van der Waals surface area contributed by atoms with Crippen LogP contribution in [0.25, 0.3) is 11.4 Å². The summed E-state index contributed by atoms with van der Waals surface area (Å²) in [5.41, 5.74) is 1.35. The fraction of sp³-hybridized carbons (Fsp3) is 0.458. The number of likely N-dealkylation sites (N-methyl/N-ethyl adjacent to an activating group) is 1. The van der Waals surface area contributed by atoms with Gasteiger partial charge in [-0.15, -0.1) is 0 Å². The summed E-state index contributed by atoms with van der Waals surface area (Å²) in [6.07, 6.45) is 4.42. The topological polar surface area (TPSA) is 105 Å². The van der Waals surface area contributed by atoms with Crippen molar-refractivity contribution in [1.82, 2.24) is 28.7 Å². The highest BCUT2D eigenvalue weighted by Crippen LogP contribution is 2.31. The van der Waals surface area contributed by atoms with Gasteiger partial charge in [0.05, 0.1) is 23.0 Å². The van der Waals surface area contributed by atoms with E-state index in [2.05, 4.69) is 25.2 Å². The molecule has 0 saturated carbocycles. The summed E-state index contributed by atoms with van der Waals surface area (Å²) in [6.45, 7) is 5.55. The van der Waals surface area contributed by atoms with Crippen LogP contribution in [-0.4, -0.2) is 83.6 Å². The van der Waals surface area contributed by atoms with Crippen molar-refractivity contribution in [2.24, 2.45) is 0 Å². The number of anilines is 2. The van der Waals surface area contributed by atoms with Gasteiger partial charge in [0.2, 0.25) is 16.0 Å². The summed E-state index contributed by atoms with van der Waals surface area (Å²) in [5, 5.41) is 3.06. The predicted octanol–water partition coefficient (Wildman–Crippen LogP) is 2.82. The Morgan fingerprint density at radius 1 is 1.03 bits per heavy atom. The molecule has 4 heterocycles. The van der Waals surface area contributed by atoms with Gasteiger partial charge >= 0.3 is 0 Å². The van der Waals surface area contributed by atoms with Gasteiger partial charge in [-0.05, 0) is 51.1 Å².